The quantitative estimate of drug-likeness (QED) is 0.159. The molecule has 0 aliphatic carbocycles. The van der Waals surface area contributed by atoms with Gasteiger partial charge < -0.3 is 24.0 Å². The molecule has 40 heavy (non-hydrogen) atoms. The van der Waals surface area contributed by atoms with E-state index in [0.29, 0.717) is 4.31 Å². The highest BCUT2D eigenvalue weighted by Gasteiger charge is 2.36. The van der Waals surface area contributed by atoms with Gasteiger partial charge in [-0.05, 0) is 52.0 Å². The molecule has 0 fully saturated rings. The third-order valence-electron chi connectivity index (χ3n) is 5.58. The summed E-state index contributed by atoms with van der Waals surface area (Å²) in [5, 5.41) is 33.0. The van der Waals surface area contributed by atoms with Crippen LogP contribution in [0.3, 0.4) is 0 Å². The lowest BCUT2D eigenvalue weighted by Gasteiger charge is -2.22. The lowest BCUT2D eigenvalue weighted by atomic mass is 10.1. The van der Waals surface area contributed by atoms with Crippen LogP contribution in [0.4, 0.5) is 17.1 Å². The van der Waals surface area contributed by atoms with Gasteiger partial charge in [0.1, 0.15) is 34.5 Å². The molecule has 206 valence electrons. The van der Waals surface area contributed by atoms with Crippen molar-refractivity contribution in [1.29, 1.82) is 5.26 Å². The first-order valence-electron chi connectivity index (χ1n) is 11.3. The van der Waals surface area contributed by atoms with Crippen molar-refractivity contribution in [2.24, 2.45) is 0 Å². The fourth-order valence-corrected chi connectivity index (χ4v) is 4.94. The predicted octanol–water partition coefficient (Wildman–Crippen LogP) is 3.32. The second kappa shape index (κ2) is 10.7. The zero-order chi connectivity index (χ0) is 29.2. The molecule has 3 aromatic heterocycles. The molecule has 4 rings (SSSR count). The van der Waals surface area contributed by atoms with Gasteiger partial charge in [-0.3, -0.25) is 14.3 Å². The molecule has 2 amide bonds. The summed E-state index contributed by atoms with van der Waals surface area (Å²) in [6.07, 6.45) is 2.26. The number of benzene rings is 1. The number of hydrogen-bond donors (Lipinski definition) is 3. The number of carbonyl (C=O) groups is 2. The molecule has 0 atom stereocenters. The van der Waals surface area contributed by atoms with E-state index < -0.39 is 33.4 Å². The molecule has 3 heterocycles. The highest BCUT2D eigenvalue weighted by Crippen LogP contribution is 2.30. The van der Waals surface area contributed by atoms with E-state index in [1.54, 1.807) is 6.07 Å². The standard InChI is InChI=1S/C24H21N7O8S/c1-12-21(15(4)39-29-12)31(24(34)20-11-27-38-14(20)3)40(35,36)30-17-7-5-16(6-8-17)28-23(33)18(9-25)22(32)19-10-26-37-13(19)2/h5-8,10-11,30,32H,1-4H3,(H,28,33)/b22-18-. The second-order valence-corrected chi connectivity index (χ2v) is 9.83. The number of anilines is 3. The van der Waals surface area contributed by atoms with Gasteiger partial charge in [0.05, 0.1) is 23.6 Å². The van der Waals surface area contributed by atoms with Crippen molar-refractivity contribution in [2.75, 3.05) is 14.3 Å². The second-order valence-electron chi connectivity index (χ2n) is 8.31. The van der Waals surface area contributed by atoms with Gasteiger partial charge in [0.15, 0.2) is 17.1 Å². The van der Waals surface area contributed by atoms with Gasteiger partial charge in [-0.25, -0.2) is 0 Å². The van der Waals surface area contributed by atoms with Crippen LogP contribution in [0.2, 0.25) is 0 Å². The van der Waals surface area contributed by atoms with E-state index in [1.165, 1.54) is 52.0 Å². The van der Waals surface area contributed by atoms with Crippen LogP contribution in [0.5, 0.6) is 0 Å². The molecule has 0 bridgehead atoms. The number of amides is 2. The molecule has 0 aliphatic rings. The molecule has 0 unspecified atom stereocenters. The summed E-state index contributed by atoms with van der Waals surface area (Å²) in [6, 6.07) is 6.95. The molecular formula is C24H21N7O8S. The Bertz CT molecular complexity index is 1760. The Kier molecular flexibility index (Phi) is 7.41. The minimum absolute atomic E-state index is 0.0311. The summed E-state index contributed by atoms with van der Waals surface area (Å²) >= 11 is 0. The summed E-state index contributed by atoms with van der Waals surface area (Å²) < 4.78 is 44.6. The minimum atomic E-state index is -4.60. The molecular weight excluding hydrogens is 546 g/mol. The normalized spacial score (nSPS) is 11.9. The molecule has 15 nitrogen and oxygen atoms in total. The monoisotopic (exact) mass is 567 g/mol. The molecule has 0 saturated heterocycles. The van der Waals surface area contributed by atoms with Crippen molar-refractivity contribution in [1.82, 2.24) is 15.5 Å². The summed E-state index contributed by atoms with van der Waals surface area (Å²) in [6.45, 7) is 5.89. The van der Waals surface area contributed by atoms with E-state index in [1.807, 2.05) is 0 Å². The molecule has 3 N–H and O–H groups in total. The molecule has 1 aromatic carbocycles. The van der Waals surface area contributed by atoms with Crippen LogP contribution in [0.25, 0.3) is 5.76 Å². The summed E-state index contributed by atoms with van der Waals surface area (Å²) in [4.78, 5) is 25.9. The molecule has 4 aromatic rings. The van der Waals surface area contributed by atoms with Crippen molar-refractivity contribution in [3.63, 3.8) is 0 Å². The number of aliphatic hydroxyl groups is 1. The third kappa shape index (κ3) is 5.26. The lowest BCUT2D eigenvalue weighted by molar-refractivity contribution is -0.112. The van der Waals surface area contributed by atoms with Crippen molar-refractivity contribution in [3.05, 3.63) is 76.3 Å². The van der Waals surface area contributed by atoms with Crippen LogP contribution in [-0.4, -0.2) is 40.8 Å². The van der Waals surface area contributed by atoms with E-state index in [9.17, 15) is 28.4 Å². The highest BCUT2D eigenvalue weighted by atomic mass is 32.2. The maximum absolute atomic E-state index is 13.5. The molecule has 0 radical (unpaired) electrons. The van der Waals surface area contributed by atoms with E-state index in [0.717, 1.165) is 12.4 Å². The number of nitriles is 1. The number of aliphatic hydroxyl groups excluding tert-OH is 1. The van der Waals surface area contributed by atoms with Gasteiger partial charge in [0, 0.05) is 5.69 Å². The number of rotatable bonds is 8. The highest BCUT2D eigenvalue weighted by molar-refractivity contribution is 7.94. The zero-order valence-electron chi connectivity index (χ0n) is 21.4. The maximum atomic E-state index is 13.5. The number of aryl methyl sites for hydroxylation is 4. The van der Waals surface area contributed by atoms with Gasteiger partial charge in [-0.1, -0.05) is 15.5 Å². The van der Waals surface area contributed by atoms with Crippen molar-refractivity contribution >= 4 is 44.8 Å². The lowest BCUT2D eigenvalue weighted by Crippen LogP contribution is -2.41. The van der Waals surface area contributed by atoms with Crippen LogP contribution in [0.1, 0.15) is 38.9 Å². The molecule has 0 saturated carbocycles. The fraction of sp³-hybridized carbons (Fsp3) is 0.167. The average molecular weight is 568 g/mol. The van der Waals surface area contributed by atoms with Crippen LogP contribution in [-0.2, 0) is 15.0 Å². The van der Waals surface area contributed by atoms with Gasteiger partial charge in [0.2, 0.25) is 0 Å². The zero-order valence-corrected chi connectivity index (χ0v) is 22.2. The van der Waals surface area contributed by atoms with Gasteiger partial charge in [-0.2, -0.15) is 18.0 Å². The maximum Gasteiger partial charge on any atom is 0.331 e. The number of nitrogens with zero attached hydrogens (tertiary/aromatic N) is 5. The summed E-state index contributed by atoms with van der Waals surface area (Å²) in [7, 11) is -4.60. The Morgan fingerprint density at radius 3 is 2.00 bits per heavy atom. The van der Waals surface area contributed by atoms with Crippen molar-refractivity contribution in [3.8, 4) is 6.07 Å². The van der Waals surface area contributed by atoms with Gasteiger partial charge in [-0.15, -0.1) is 0 Å². The Labute approximate surface area is 226 Å². The fourth-order valence-electron chi connectivity index (χ4n) is 3.59. The first-order valence-corrected chi connectivity index (χ1v) is 12.8. The van der Waals surface area contributed by atoms with E-state index in [2.05, 4.69) is 25.5 Å². The topological polar surface area (TPSA) is 218 Å². The van der Waals surface area contributed by atoms with E-state index in [-0.39, 0.29) is 51.2 Å². The van der Waals surface area contributed by atoms with E-state index >= 15 is 0 Å². The first kappa shape index (κ1) is 27.6. The van der Waals surface area contributed by atoms with Gasteiger partial charge >= 0.3 is 10.2 Å². The smallest absolute Gasteiger partial charge is 0.331 e. The Hall–Kier alpha value is -5.43. The number of aromatic nitrogens is 3. The first-order chi connectivity index (χ1) is 18.9. The van der Waals surface area contributed by atoms with E-state index in [4.69, 9.17) is 13.6 Å². The summed E-state index contributed by atoms with van der Waals surface area (Å²) in [5.74, 6) is -2.10. The van der Waals surface area contributed by atoms with Crippen LogP contribution < -0.4 is 14.3 Å². The predicted molar refractivity (Wildman–Crippen MR) is 138 cm³/mol. The van der Waals surface area contributed by atoms with Gasteiger partial charge in [0.25, 0.3) is 11.8 Å². The molecule has 0 aliphatic heterocycles. The average Bonchev–Trinajstić information content (AvgIpc) is 3.61. The molecule has 0 spiro atoms. The number of hydrogen-bond acceptors (Lipinski definition) is 12. The number of nitrogens with one attached hydrogen (secondary N) is 2. The van der Waals surface area contributed by atoms with Crippen LogP contribution in [0, 0.1) is 39.0 Å². The minimum Gasteiger partial charge on any atom is -0.506 e. The Balaban J connectivity index is 1.59. The SMILES string of the molecule is Cc1noc(C)c1N(C(=O)c1cnoc1C)S(=O)(=O)Nc1ccc(NC(=O)/C(C#N)=C(\O)c2cnoc2C)cc1. The summed E-state index contributed by atoms with van der Waals surface area (Å²) in [5.41, 5.74) is -0.327. The van der Waals surface area contributed by atoms with Crippen molar-refractivity contribution in [2.45, 2.75) is 27.7 Å². The third-order valence-corrected chi connectivity index (χ3v) is 6.90. The Morgan fingerprint density at radius 2 is 1.50 bits per heavy atom. The molecule has 16 heteroatoms. The Morgan fingerprint density at radius 1 is 0.925 bits per heavy atom. The van der Waals surface area contributed by atoms with Crippen molar-refractivity contribution < 1.29 is 36.7 Å². The van der Waals surface area contributed by atoms with Crippen LogP contribution in [0.15, 0.2) is 55.8 Å². The largest absolute Gasteiger partial charge is 0.506 e. The number of carbonyl (C=O) groups excluding carboxylic acids is 2. The van der Waals surface area contributed by atoms with Crippen LogP contribution >= 0.6 is 0 Å².